The van der Waals surface area contributed by atoms with Crippen molar-refractivity contribution >= 4 is 17.6 Å². The van der Waals surface area contributed by atoms with Crippen LogP contribution in [0.15, 0.2) is 24.3 Å². The number of ketones is 1. The van der Waals surface area contributed by atoms with Crippen molar-refractivity contribution in [2.24, 2.45) is 0 Å². The summed E-state index contributed by atoms with van der Waals surface area (Å²) in [7, 11) is 0. The van der Waals surface area contributed by atoms with Crippen LogP contribution in [0.3, 0.4) is 0 Å². The normalized spacial score (nSPS) is 15.3. The zero-order valence-corrected chi connectivity index (χ0v) is 13.7. The molecule has 0 aromatic heterocycles. The third kappa shape index (κ3) is 4.63. The quantitative estimate of drug-likeness (QED) is 0.633. The predicted molar refractivity (Wildman–Crippen MR) is 87.2 cm³/mol. The van der Waals surface area contributed by atoms with Gasteiger partial charge in [0.15, 0.2) is 0 Å². The molecule has 1 aliphatic rings. The van der Waals surface area contributed by atoms with E-state index in [0.29, 0.717) is 44.8 Å². The van der Waals surface area contributed by atoms with Crippen LogP contribution < -0.4 is 5.32 Å². The molecule has 0 aliphatic carbocycles. The molecule has 0 saturated carbocycles. The number of aryl methyl sites for hydroxylation is 1. The van der Waals surface area contributed by atoms with Gasteiger partial charge in [0.2, 0.25) is 11.7 Å². The third-order valence-electron chi connectivity index (χ3n) is 3.91. The number of Topliss-reactive ketones (excluding diaryl/α,β-unsaturated/α-hetero) is 1. The molecule has 1 saturated heterocycles. The Bertz CT molecular complexity index is 575. The molecule has 1 aliphatic heterocycles. The van der Waals surface area contributed by atoms with Crippen molar-refractivity contribution in [1.82, 2.24) is 15.1 Å². The first-order valence-corrected chi connectivity index (χ1v) is 7.90. The van der Waals surface area contributed by atoms with E-state index in [1.54, 1.807) is 17.0 Å². The van der Waals surface area contributed by atoms with E-state index in [2.05, 4.69) is 5.32 Å². The molecule has 6 heteroatoms. The molecule has 0 unspecified atom stereocenters. The summed E-state index contributed by atoms with van der Waals surface area (Å²) in [6.07, 6.45) is 0. The van der Waals surface area contributed by atoms with Crippen molar-refractivity contribution in [3.63, 3.8) is 0 Å². The highest BCUT2D eigenvalue weighted by Gasteiger charge is 2.27. The summed E-state index contributed by atoms with van der Waals surface area (Å²) < 4.78 is 0. The van der Waals surface area contributed by atoms with Crippen molar-refractivity contribution in [2.45, 2.75) is 13.8 Å². The van der Waals surface area contributed by atoms with Crippen LogP contribution in [-0.4, -0.2) is 66.7 Å². The Hall–Kier alpha value is -2.21. The summed E-state index contributed by atoms with van der Waals surface area (Å²) in [5.41, 5.74) is 1.47. The van der Waals surface area contributed by atoms with Crippen molar-refractivity contribution in [1.29, 1.82) is 0 Å². The van der Waals surface area contributed by atoms with Crippen LogP contribution in [-0.2, 0) is 9.59 Å². The van der Waals surface area contributed by atoms with Crippen molar-refractivity contribution < 1.29 is 14.4 Å². The summed E-state index contributed by atoms with van der Waals surface area (Å²) in [5.74, 6) is -0.948. The standard InChI is InChI=1S/C17H23N3O3/c1-3-18-15(21)12-19-8-10-20(11-9-19)17(23)16(22)14-6-4-13(2)5-7-14/h4-7H,3,8-12H2,1-2H3,(H,18,21). The first-order chi connectivity index (χ1) is 11.0. The topological polar surface area (TPSA) is 69.7 Å². The monoisotopic (exact) mass is 317 g/mol. The molecule has 1 heterocycles. The maximum absolute atomic E-state index is 12.3. The number of rotatable bonds is 5. The second-order valence-corrected chi connectivity index (χ2v) is 5.72. The second-order valence-electron chi connectivity index (χ2n) is 5.72. The zero-order valence-electron chi connectivity index (χ0n) is 13.7. The van der Waals surface area contributed by atoms with Crippen LogP contribution in [0.2, 0.25) is 0 Å². The molecular weight excluding hydrogens is 294 g/mol. The number of hydrogen-bond acceptors (Lipinski definition) is 4. The smallest absolute Gasteiger partial charge is 0.295 e. The number of amides is 2. The van der Waals surface area contributed by atoms with Crippen LogP contribution in [0.5, 0.6) is 0 Å². The molecule has 1 N–H and O–H groups in total. The fraction of sp³-hybridized carbons (Fsp3) is 0.471. The lowest BCUT2D eigenvalue weighted by molar-refractivity contribution is -0.128. The maximum Gasteiger partial charge on any atom is 0.295 e. The van der Waals surface area contributed by atoms with Gasteiger partial charge in [-0.1, -0.05) is 29.8 Å². The maximum atomic E-state index is 12.3. The van der Waals surface area contributed by atoms with Crippen molar-refractivity contribution in [3.05, 3.63) is 35.4 Å². The molecule has 0 bridgehead atoms. The highest BCUT2D eigenvalue weighted by Crippen LogP contribution is 2.08. The molecule has 1 fully saturated rings. The number of nitrogens with one attached hydrogen (secondary N) is 1. The van der Waals surface area contributed by atoms with Crippen LogP contribution in [0.25, 0.3) is 0 Å². The Balaban J connectivity index is 1.87. The van der Waals surface area contributed by atoms with Gasteiger partial charge < -0.3 is 10.2 Å². The van der Waals surface area contributed by atoms with Gasteiger partial charge in [0.05, 0.1) is 6.54 Å². The van der Waals surface area contributed by atoms with Crippen LogP contribution in [0.4, 0.5) is 0 Å². The Morgan fingerprint density at radius 3 is 2.22 bits per heavy atom. The molecule has 2 amide bonds. The van der Waals surface area contributed by atoms with Crippen LogP contribution in [0.1, 0.15) is 22.8 Å². The van der Waals surface area contributed by atoms with Gasteiger partial charge in [-0.15, -0.1) is 0 Å². The number of hydrogen-bond donors (Lipinski definition) is 1. The van der Waals surface area contributed by atoms with E-state index in [-0.39, 0.29) is 5.91 Å². The Morgan fingerprint density at radius 1 is 1.04 bits per heavy atom. The van der Waals surface area contributed by atoms with Gasteiger partial charge in [0.1, 0.15) is 0 Å². The van der Waals surface area contributed by atoms with Gasteiger partial charge in [-0.3, -0.25) is 19.3 Å². The minimum atomic E-state index is -0.470. The van der Waals surface area contributed by atoms with Gasteiger partial charge in [0, 0.05) is 38.3 Å². The number of carbonyl (C=O) groups is 3. The second kappa shape index (κ2) is 7.87. The van der Waals surface area contributed by atoms with Gasteiger partial charge in [-0.2, -0.15) is 0 Å². The summed E-state index contributed by atoms with van der Waals surface area (Å²) >= 11 is 0. The Morgan fingerprint density at radius 2 is 1.65 bits per heavy atom. The lowest BCUT2D eigenvalue weighted by Gasteiger charge is -2.33. The minimum Gasteiger partial charge on any atom is -0.355 e. The lowest BCUT2D eigenvalue weighted by atomic mass is 10.1. The molecule has 6 nitrogen and oxygen atoms in total. The summed E-state index contributed by atoms with van der Waals surface area (Å²) in [5, 5.41) is 2.76. The van der Waals surface area contributed by atoms with E-state index in [0.717, 1.165) is 5.56 Å². The fourth-order valence-electron chi connectivity index (χ4n) is 2.54. The molecule has 1 aromatic carbocycles. The summed E-state index contributed by atoms with van der Waals surface area (Å²) in [4.78, 5) is 39.6. The van der Waals surface area contributed by atoms with Crippen LogP contribution in [0, 0.1) is 6.92 Å². The van der Waals surface area contributed by atoms with Crippen LogP contribution >= 0.6 is 0 Å². The summed E-state index contributed by atoms with van der Waals surface area (Å²) in [6.45, 7) is 6.90. The molecule has 23 heavy (non-hydrogen) atoms. The number of benzene rings is 1. The average molecular weight is 317 g/mol. The largest absolute Gasteiger partial charge is 0.355 e. The van der Waals surface area contributed by atoms with E-state index in [1.165, 1.54) is 0 Å². The van der Waals surface area contributed by atoms with Gasteiger partial charge in [0.25, 0.3) is 5.91 Å². The van der Waals surface area contributed by atoms with E-state index in [4.69, 9.17) is 0 Å². The number of likely N-dealkylation sites (N-methyl/N-ethyl adjacent to an activating group) is 1. The molecular formula is C17H23N3O3. The number of nitrogens with zero attached hydrogens (tertiary/aromatic N) is 2. The Labute approximate surface area is 136 Å². The molecule has 0 spiro atoms. The minimum absolute atomic E-state index is 0.0111. The van der Waals surface area contributed by atoms with Gasteiger partial charge in [-0.25, -0.2) is 0 Å². The number of piperazine rings is 1. The highest BCUT2D eigenvalue weighted by atomic mass is 16.2. The molecule has 1 aromatic rings. The van der Waals surface area contributed by atoms with Crippen molar-refractivity contribution in [3.8, 4) is 0 Å². The first-order valence-electron chi connectivity index (χ1n) is 7.90. The average Bonchev–Trinajstić information content (AvgIpc) is 2.55. The van der Waals surface area contributed by atoms with Gasteiger partial charge >= 0.3 is 0 Å². The SMILES string of the molecule is CCNC(=O)CN1CCN(C(=O)C(=O)c2ccc(C)cc2)CC1. The zero-order chi connectivity index (χ0) is 16.8. The van der Waals surface area contributed by atoms with Crippen molar-refractivity contribution in [2.75, 3.05) is 39.3 Å². The van der Waals surface area contributed by atoms with E-state index >= 15 is 0 Å². The Kier molecular flexibility index (Phi) is 5.87. The lowest BCUT2D eigenvalue weighted by Crippen LogP contribution is -2.52. The van der Waals surface area contributed by atoms with E-state index in [9.17, 15) is 14.4 Å². The van der Waals surface area contributed by atoms with Gasteiger partial charge in [-0.05, 0) is 13.8 Å². The first kappa shape index (κ1) is 17.1. The van der Waals surface area contributed by atoms with E-state index < -0.39 is 11.7 Å². The molecule has 2 rings (SSSR count). The van der Waals surface area contributed by atoms with E-state index in [1.807, 2.05) is 30.9 Å². The fourth-order valence-corrected chi connectivity index (χ4v) is 2.54. The summed E-state index contributed by atoms with van der Waals surface area (Å²) in [6, 6.07) is 7.01. The predicted octanol–water partition coefficient (Wildman–Crippen LogP) is 0.458. The molecule has 124 valence electrons. The highest BCUT2D eigenvalue weighted by molar-refractivity contribution is 6.42. The molecule has 0 radical (unpaired) electrons. The number of carbonyl (C=O) groups excluding carboxylic acids is 3. The molecule has 0 atom stereocenters. The third-order valence-corrected chi connectivity index (χ3v) is 3.91.